The highest BCUT2D eigenvalue weighted by atomic mass is 19.1. The zero-order chi connectivity index (χ0) is 18.6. The van der Waals surface area contributed by atoms with Gasteiger partial charge in [0.25, 0.3) is 0 Å². The standard InChI is InChI=1S/C21H22FN3O2/c22-17-9-7-15(8-10-17)13-25(21(26)16-4-3-5-16)14-18-12-20(24-27-18)19-6-1-2-11-23-19/h1-2,6-11,16,18H,3-5,12-14H2/t18-/m1/s1. The predicted octanol–water partition coefficient (Wildman–Crippen LogP) is 3.54. The largest absolute Gasteiger partial charge is 0.390 e. The number of amides is 1. The predicted molar refractivity (Wildman–Crippen MR) is 99.4 cm³/mol. The van der Waals surface area contributed by atoms with E-state index in [1.165, 1.54) is 12.1 Å². The molecule has 1 aromatic heterocycles. The Morgan fingerprint density at radius 2 is 2.00 bits per heavy atom. The van der Waals surface area contributed by atoms with Crippen LogP contribution in [0.15, 0.2) is 53.8 Å². The smallest absolute Gasteiger partial charge is 0.226 e. The number of nitrogens with zero attached hydrogens (tertiary/aromatic N) is 3. The van der Waals surface area contributed by atoms with Gasteiger partial charge in [0.2, 0.25) is 5.91 Å². The summed E-state index contributed by atoms with van der Waals surface area (Å²) in [6.45, 7) is 0.918. The first-order chi connectivity index (χ1) is 13.2. The summed E-state index contributed by atoms with van der Waals surface area (Å²) in [5, 5.41) is 4.16. The van der Waals surface area contributed by atoms with Crippen LogP contribution in [0.5, 0.6) is 0 Å². The second-order valence-electron chi connectivity index (χ2n) is 7.16. The lowest BCUT2D eigenvalue weighted by atomic mass is 9.84. The van der Waals surface area contributed by atoms with E-state index in [2.05, 4.69) is 10.1 Å². The molecule has 0 bridgehead atoms. The molecule has 0 unspecified atom stereocenters. The van der Waals surface area contributed by atoms with Crippen molar-refractivity contribution in [3.63, 3.8) is 0 Å². The molecule has 27 heavy (non-hydrogen) atoms. The van der Waals surface area contributed by atoms with Crippen LogP contribution in [0.4, 0.5) is 4.39 Å². The zero-order valence-corrected chi connectivity index (χ0v) is 15.1. The first-order valence-electron chi connectivity index (χ1n) is 9.36. The molecule has 1 amide bonds. The summed E-state index contributed by atoms with van der Waals surface area (Å²) in [6.07, 6.45) is 5.15. The Morgan fingerprint density at radius 1 is 1.19 bits per heavy atom. The first kappa shape index (κ1) is 17.6. The Balaban J connectivity index is 1.43. The van der Waals surface area contributed by atoms with Gasteiger partial charge in [-0.05, 0) is 42.7 Å². The molecular formula is C21H22FN3O2. The summed E-state index contributed by atoms with van der Waals surface area (Å²) in [5.41, 5.74) is 2.52. The molecule has 2 aromatic rings. The van der Waals surface area contributed by atoms with Crippen molar-refractivity contribution in [3.05, 3.63) is 65.7 Å². The van der Waals surface area contributed by atoms with E-state index in [9.17, 15) is 9.18 Å². The molecule has 1 aliphatic carbocycles. The highest BCUT2D eigenvalue weighted by Crippen LogP contribution is 2.29. The molecule has 6 heteroatoms. The number of hydrogen-bond acceptors (Lipinski definition) is 4. The van der Waals surface area contributed by atoms with Crippen LogP contribution in [0.1, 0.15) is 36.9 Å². The van der Waals surface area contributed by atoms with E-state index in [1.807, 2.05) is 23.1 Å². The topological polar surface area (TPSA) is 54.8 Å². The lowest BCUT2D eigenvalue weighted by molar-refractivity contribution is -0.140. The number of halogens is 1. The van der Waals surface area contributed by atoms with Crippen LogP contribution in [0.25, 0.3) is 0 Å². The number of carbonyl (C=O) groups is 1. The lowest BCUT2D eigenvalue weighted by Gasteiger charge is -2.32. The minimum Gasteiger partial charge on any atom is -0.390 e. The van der Waals surface area contributed by atoms with Crippen molar-refractivity contribution in [1.82, 2.24) is 9.88 Å². The maximum absolute atomic E-state index is 13.2. The molecule has 5 nitrogen and oxygen atoms in total. The summed E-state index contributed by atoms with van der Waals surface area (Å²) >= 11 is 0. The maximum Gasteiger partial charge on any atom is 0.226 e. The van der Waals surface area contributed by atoms with Crippen LogP contribution < -0.4 is 0 Å². The molecule has 1 saturated carbocycles. The van der Waals surface area contributed by atoms with Gasteiger partial charge >= 0.3 is 0 Å². The quantitative estimate of drug-likeness (QED) is 0.785. The third-order valence-electron chi connectivity index (χ3n) is 5.17. The second-order valence-corrected chi connectivity index (χ2v) is 7.16. The minimum absolute atomic E-state index is 0.100. The number of rotatable bonds is 6. The molecule has 0 radical (unpaired) electrons. The van der Waals surface area contributed by atoms with E-state index in [0.29, 0.717) is 19.5 Å². The fourth-order valence-corrected chi connectivity index (χ4v) is 3.41. The molecule has 1 aliphatic heterocycles. The molecule has 140 valence electrons. The maximum atomic E-state index is 13.2. The van der Waals surface area contributed by atoms with Crippen LogP contribution in [-0.4, -0.2) is 34.2 Å². The summed E-state index contributed by atoms with van der Waals surface area (Å²) < 4.78 is 13.2. The summed E-state index contributed by atoms with van der Waals surface area (Å²) in [5.74, 6) is -0.0216. The Kier molecular flexibility index (Phi) is 5.14. The van der Waals surface area contributed by atoms with Crippen molar-refractivity contribution in [3.8, 4) is 0 Å². The van der Waals surface area contributed by atoms with E-state index in [4.69, 9.17) is 4.84 Å². The van der Waals surface area contributed by atoms with Crippen molar-refractivity contribution in [2.24, 2.45) is 11.1 Å². The highest BCUT2D eigenvalue weighted by Gasteiger charge is 2.33. The van der Waals surface area contributed by atoms with Crippen LogP contribution in [0.3, 0.4) is 0 Å². The molecule has 0 spiro atoms. The van der Waals surface area contributed by atoms with Gasteiger partial charge in [0, 0.05) is 25.1 Å². The van der Waals surface area contributed by atoms with Gasteiger partial charge in [-0.25, -0.2) is 4.39 Å². The van der Waals surface area contributed by atoms with Crippen molar-refractivity contribution in [2.75, 3.05) is 6.54 Å². The van der Waals surface area contributed by atoms with Crippen molar-refractivity contribution in [2.45, 2.75) is 38.3 Å². The average molecular weight is 367 g/mol. The molecular weight excluding hydrogens is 345 g/mol. The van der Waals surface area contributed by atoms with Gasteiger partial charge in [0.1, 0.15) is 11.5 Å². The Hall–Kier alpha value is -2.76. The summed E-state index contributed by atoms with van der Waals surface area (Å²) in [4.78, 5) is 24.6. The fraction of sp³-hybridized carbons (Fsp3) is 0.381. The fourth-order valence-electron chi connectivity index (χ4n) is 3.41. The number of benzene rings is 1. The summed E-state index contributed by atoms with van der Waals surface area (Å²) in [6, 6.07) is 12.0. The number of aromatic nitrogens is 1. The Labute approximate surface area is 157 Å². The Bertz CT molecular complexity index is 819. The van der Waals surface area contributed by atoms with Gasteiger partial charge in [-0.1, -0.05) is 29.8 Å². The van der Waals surface area contributed by atoms with Gasteiger partial charge in [-0.2, -0.15) is 0 Å². The van der Waals surface area contributed by atoms with Gasteiger partial charge in [0.05, 0.1) is 12.2 Å². The van der Waals surface area contributed by atoms with E-state index in [1.54, 1.807) is 18.3 Å². The zero-order valence-electron chi connectivity index (χ0n) is 15.1. The van der Waals surface area contributed by atoms with E-state index in [0.717, 1.165) is 36.2 Å². The van der Waals surface area contributed by atoms with Crippen molar-refractivity contribution < 1.29 is 14.0 Å². The number of carbonyl (C=O) groups excluding carboxylic acids is 1. The number of oxime groups is 1. The van der Waals surface area contributed by atoms with Crippen molar-refractivity contribution in [1.29, 1.82) is 0 Å². The van der Waals surface area contributed by atoms with Crippen LogP contribution in [0.2, 0.25) is 0 Å². The van der Waals surface area contributed by atoms with Crippen molar-refractivity contribution >= 4 is 11.6 Å². The first-order valence-corrected chi connectivity index (χ1v) is 9.36. The molecule has 4 rings (SSSR count). The molecule has 1 fully saturated rings. The van der Waals surface area contributed by atoms with E-state index < -0.39 is 0 Å². The van der Waals surface area contributed by atoms with Crippen LogP contribution in [-0.2, 0) is 16.2 Å². The van der Waals surface area contributed by atoms with Gasteiger partial charge in [-0.15, -0.1) is 0 Å². The second kappa shape index (κ2) is 7.86. The summed E-state index contributed by atoms with van der Waals surface area (Å²) in [7, 11) is 0. The third-order valence-corrected chi connectivity index (χ3v) is 5.17. The molecule has 1 atom stereocenters. The number of hydrogen-bond donors (Lipinski definition) is 0. The van der Waals surface area contributed by atoms with Gasteiger partial charge in [0.15, 0.2) is 6.10 Å². The van der Waals surface area contributed by atoms with Crippen LogP contribution in [0, 0.1) is 11.7 Å². The number of pyridine rings is 1. The highest BCUT2D eigenvalue weighted by molar-refractivity contribution is 5.99. The van der Waals surface area contributed by atoms with Crippen LogP contribution >= 0.6 is 0 Å². The average Bonchev–Trinajstić information content (AvgIpc) is 3.11. The van der Waals surface area contributed by atoms with Gasteiger partial charge in [-0.3, -0.25) is 9.78 Å². The molecule has 2 heterocycles. The van der Waals surface area contributed by atoms with Gasteiger partial charge < -0.3 is 9.74 Å². The molecule has 0 saturated heterocycles. The molecule has 1 aromatic carbocycles. The Morgan fingerprint density at radius 3 is 2.67 bits per heavy atom. The monoisotopic (exact) mass is 367 g/mol. The minimum atomic E-state index is -0.275. The lowest BCUT2D eigenvalue weighted by Crippen LogP contribution is -2.42. The molecule has 0 N–H and O–H groups in total. The third kappa shape index (κ3) is 4.15. The molecule has 2 aliphatic rings. The SMILES string of the molecule is O=C(C1CCC1)N(Cc1ccc(F)cc1)C[C@H]1CC(c2ccccn2)=NO1. The normalized spacial score (nSPS) is 19.1. The van der Waals surface area contributed by atoms with E-state index >= 15 is 0 Å². The van der Waals surface area contributed by atoms with E-state index in [-0.39, 0.29) is 23.7 Å².